The summed E-state index contributed by atoms with van der Waals surface area (Å²) in [6, 6.07) is 68.6. The highest BCUT2D eigenvalue weighted by molar-refractivity contribution is 6.27. The topological polar surface area (TPSA) is 18.1 Å². The zero-order valence-electron chi connectivity index (χ0n) is 29.3. The summed E-state index contributed by atoms with van der Waals surface area (Å²) in [5.74, 6) is 0. The van der Waals surface area contributed by atoms with Crippen LogP contribution in [0.25, 0.3) is 115 Å². The van der Waals surface area contributed by atoms with E-state index in [1.807, 2.05) is 6.07 Å². The molecule has 0 fully saturated rings. The summed E-state index contributed by atoms with van der Waals surface area (Å²) in [7, 11) is 0. The summed E-state index contributed by atoms with van der Waals surface area (Å²) < 4.78 is 8.79. The van der Waals surface area contributed by atoms with Crippen molar-refractivity contribution in [3.05, 3.63) is 188 Å². The van der Waals surface area contributed by atoms with Crippen molar-refractivity contribution in [3.63, 3.8) is 0 Å². The van der Waals surface area contributed by atoms with E-state index in [2.05, 4.69) is 187 Å². The lowest BCUT2D eigenvalue weighted by atomic mass is 9.87. The molecule has 0 saturated carbocycles. The number of rotatable bonds is 4. The summed E-state index contributed by atoms with van der Waals surface area (Å²) in [4.78, 5) is 0. The predicted octanol–water partition coefficient (Wildman–Crippen LogP) is 14.6. The van der Waals surface area contributed by atoms with Gasteiger partial charge in [0.2, 0.25) is 0 Å². The fourth-order valence-corrected chi connectivity index (χ4v) is 9.06. The maximum atomic E-state index is 6.39. The highest BCUT2D eigenvalue weighted by atomic mass is 16.3. The van der Waals surface area contributed by atoms with Gasteiger partial charge in [0.1, 0.15) is 11.2 Å². The fraction of sp³-hybridized carbons (Fsp3) is 0. The Hall–Kier alpha value is -7.16. The Labute approximate surface area is 311 Å². The smallest absolute Gasteiger partial charge is 0.137 e. The molecule has 2 nitrogen and oxygen atoms in total. The third kappa shape index (κ3) is 4.22. The van der Waals surface area contributed by atoms with Crippen LogP contribution in [0.5, 0.6) is 0 Å². The molecule has 0 aliphatic rings. The fourth-order valence-electron chi connectivity index (χ4n) is 9.06. The van der Waals surface area contributed by atoms with Gasteiger partial charge < -0.3 is 8.98 Å². The van der Waals surface area contributed by atoms with Gasteiger partial charge in [-0.15, -0.1) is 0 Å². The van der Waals surface area contributed by atoms with E-state index in [0.29, 0.717) is 0 Å². The van der Waals surface area contributed by atoms with E-state index >= 15 is 0 Å². The molecule has 0 saturated heterocycles. The van der Waals surface area contributed by atoms with Gasteiger partial charge in [0.15, 0.2) is 0 Å². The van der Waals surface area contributed by atoms with E-state index in [4.69, 9.17) is 4.42 Å². The van der Waals surface area contributed by atoms with Crippen LogP contribution in [-0.2, 0) is 0 Å². The maximum absolute atomic E-state index is 6.39. The van der Waals surface area contributed by atoms with E-state index in [1.54, 1.807) is 0 Å². The summed E-state index contributed by atoms with van der Waals surface area (Å²) in [6.45, 7) is 0. The summed E-state index contributed by atoms with van der Waals surface area (Å²) in [5, 5.41) is 12.5. The summed E-state index contributed by atoms with van der Waals surface area (Å²) >= 11 is 0. The Morgan fingerprint density at radius 2 is 0.926 bits per heavy atom. The van der Waals surface area contributed by atoms with E-state index in [0.717, 1.165) is 33.1 Å². The first kappa shape index (κ1) is 29.4. The minimum Gasteiger partial charge on any atom is -0.456 e. The van der Waals surface area contributed by atoms with Gasteiger partial charge in [-0.1, -0.05) is 152 Å². The van der Waals surface area contributed by atoms with Crippen LogP contribution in [0.2, 0.25) is 0 Å². The van der Waals surface area contributed by atoms with Crippen molar-refractivity contribution in [1.82, 2.24) is 4.57 Å². The number of para-hydroxylation sites is 2. The number of aromatic nitrogens is 1. The number of hydrogen-bond acceptors (Lipinski definition) is 1. The Morgan fingerprint density at radius 3 is 1.70 bits per heavy atom. The Bertz CT molecular complexity index is 3420. The summed E-state index contributed by atoms with van der Waals surface area (Å²) in [6.07, 6.45) is 0. The van der Waals surface area contributed by atoms with Crippen LogP contribution in [-0.4, -0.2) is 4.57 Å². The van der Waals surface area contributed by atoms with Crippen molar-refractivity contribution in [3.8, 4) is 39.1 Å². The molecule has 0 aliphatic heterocycles. The van der Waals surface area contributed by atoms with Crippen LogP contribution in [0.3, 0.4) is 0 Å². The molecule has 0 atom stereocenters. The molecule has 0 unspecified atom stereocenters. The van der Waals surface area contributed by atoms with Crippen molar-refractivity contribution in [1.29, 1.82) is 0 Å². The Morgan fingerprint density at radius 1 is 0.315 bits per heavy atom. The van der Waals surface area contributed by atoms with Crippen LogP contribution in [0, 0.1) is 0 Å². The highest BCUT2D eigenvalue weighted by Crippen LogP contribution is 2.44. The molecule has 2 heterocycles. The first-order valence-corrected chi connectivity index (χ1v) is 18.6. The second-order valence-electron chi connectivity index (χ2n) is 14.5. The monoisotopic (exact) mass is 685 g/mol. The van der Waals surface area contributed by atoms with Crippen LogP contribution in [0.1, 0.15) is 0 Å². The molecule has 0 radical (unpaired) electrons. The molecule has 12 rings (SSSR count). The lowest BCUT2D eigenvalue weighted by molar-refractivity contribution is 0.669. The van der Waals surface area contributed by atoms with Crippen LogP contribution >= 0.6 is 0 Å². The van der Waals surface area contributed by atoms with Crippen molar-refractivity contribution < 1.29 is 4.42 Å². The average Bonchev–Trinajstić information content (AvgIpc) is 3.77. The summed E-state index contributed by atoms with van der Waals surface area (Å²) in [5.41, 5.74) is 12.6. The van der Waals surface area contributed by atoms with Crippen molar-refractivity contribution in [2.24, 2.45) is 0 Å². The standard InChI is InChI=1S/C52H31NO/c1-2-9-32(10-3-1)33-17-19-34(20-18-33)39-25-21-35-24-28-44-40(26-22-36-23-27-43(39)51(35)52(36)44)37-11-8-12-38(29-37)53-47-15-6-4-13-41(47)45-30-46-42-14-5-7-16-49(42)54-50(46)31-48(45)53/h1-31H. The molecule has 10 aromatic carbocycles. The van der Waals surface area contributed by atoms with Gasteiger partial charge in [0.25, 0.3) is 0 Å². The third-order valence-corrected chi connectivity index (χ3v) is 11.6. The van der Waals surface area contributed by atoms with Gasteiger partial charge in [-0.3, -0.25) is 0 Å². The minimum atomic E-state index is 0.905. The van der Waals surface area contributed by atoms with Crippen LogP contribution in [0.15, 0.2) is 192 Å². The van der Waals surface area contributed by atoms with E-state index < -0.39 is 0 Å². The Balaban J connectivity index is 1.03. The van der Waals surface area contributed by atoms with E-state index in [9.17, 15) is 0 Å². The van der Waals surface area contributed by atoms with E-state index in [-0.39, 0.29) is 0 Å². The lowest BCUT2D eigenvalue weighted by Gasteiger charge is -2.17. The largest absolute Gasteiger partial charge is 0.456 e. The minimum absolute atomic E-state index is 0.905. The molecule has 0 spiro atoms. The number of hydrogen-bond donors (Lipinski definition) is 0. The SMILES string of the molecule is c1ccc(-c2ccc(-c3ccc4ccc5c(-c6cccc(-n7c8ccccc8c8cc9c(cc87)oc7ccccc79)c6)ccc6ccc3c4c65)cc2)cc1. The molecule has 2 heteroatoms. The number of furan rings is 1. The average molecular weight is 686 g/mol. The number of fused-ring (bicyclic) bond motifs is 6. The van der Waals surface area contributed by atoms with Crippen LogP contribution in [0.4, 0.5) is 0 Å². The number of nitrogens with zero attached hydrogens (tertiary/aromatic N) is 1. The van der Waals surface area contributed by atoms with E-state index in [1.165, 1.54) is 82.0 Å². The second kappa shape index (κ2) is 11.2. The van der Waals surface area contributed by atoms with Gasteiger partial charge >= 0.3 is 0 Å². The maximum Gasteiger partial charge on any atom is 0.137 e. The predicted molar refractivity (Wildman–Crippen MR) is 228 cm³/mol. The normalized spacial score (nSPS) is 12.1. The molecule has 2 aromatic heterocycles. The van der Waals surface area contributed by atoms with Crippen molar-refractivity contribution in [2.75, 3.05) is 0 Å². The first-order valence-electron chi connectivity index (χ1n) is 18.6. The first-order chi connectivity index (χ1) is 26.8. The molecule has 0 N–H and O–H groups in total. The van der Waals surface area contributed by atoms with Gasteiger partial charge in [-0.05, 0) is 96.0 Å². The second-order valence-corrected chi connectivity index (χ2v) is 14.5. The molecule has 12 aromatic rings. The zero-order chi connectivity index (χ0) is 35.3. The molecule has 54 heavy (non-hydrogen) atoms. The Kier molecular flexibility index (Phi) is 6.09. The van der Waals surface area contributed by atoms with Crippen LogP contribution < -0.4 is 0 Å². The molecule has 0 amide bonds. The molecular formula is C52H31NO. The van der Waals surface area contributed by atoms with Gasteiger partial charge in [0.05, 0.1) is 11.0 Å². The highest BCUT2D eigenvalue weighted by Gasteiger charge is 2.18. The lowest BCUT2D eigenvalue weighted by Crippen LogP contribution is -1.95. The molecule has 250 valence electrons. The molecule has 0 aliphatic carbocycles. The quantitative estimate of drug-likeness (QED) is 0.169. The van der Waals surface area contributed by atoms with Gasteiger partial charge in [0, 0.05) is 33.3 Å². The van der Waals surface area contributed by atoms with Gasteiger partial charge in [-0.2, -0.15) is 0 Å². The zero-order valence-corrected chi connectivity index (χ0v) is 29.3. The molecule has 0 bridgehead atoms. The third-order valence-electron chi connectivity index (χ3n) is 11.6. The van der Waals surface area contributed by atoms with Crippen molar-refractivity contribution in [2.45, 2.75) is 0 Å². The number of benzene rings is 10. The van der Waals surface area contributed by atoms with Gasteiger partial charge in [-0.25, -0.2) is 0 Å². The molecular weight excluding hydrogens is 655 g/mol. The van der Waals surface area contributed by atoms with Crippen molar-refractivity contribution >= 4 is 76.1 Å².